The summed E-state index contributed by atoms with van der Waals surface area (Å²) in [6.45, 7) is 3.61. The molecule has 0 aromatic heterocycles. The number of benzene rings is 1. The third kappa shape index (κ3) is 3.85. The first-order valence-electron chi connectivity index (χ1n) is 5.98. The quantitative estimate of drug-likeness (QED) is 0.830. The highest BCUT2D eigenvalue weighted by atomic mass is 35.5. The fraction of sp³-hybridized carbons (Fsp3) is 0.538. The minimum absolute atomic E-state index is 0.621. The second-order valence-corrected chi connectivity index (χ2v) is 5.19. The van der Waals surface area contributed by atoms with E-state index in [9.17, 15) is 0 Å². The van der Waals surface area contributed by atoms with Crippen LogP contribution in [0.1, 0.15) is 18.4 Å². The van der Waals surface area contributed by atoms with E-state index in [1.54, 1.807) is 0 Å². The van der Waals surface area contributed by atoms with Crippen molar-refractivity contribution in [2.24, 2.45) is 5.92 Å². The molecule has 4 heteroatoms. The zero-order valence-corrected chi connectivity index (χ0v) is 11.2. The van der Waals surface area contributed by atoms with Crippen LogP contribution < -0.4 is 5.32 Å². The predicted octanol–water partition coefficient (Wildman–Crippen LogP) is 3.51. The van der Waals surface area contributed by atoms with Crippen molar-refractivity contribution >= 4 is 23.2 Å². The SMILES string of the molecule is Clc1cccc(CNCCC2CCOC2)c1Cl. The number of hydrogen-bond donors (Lipinski definition) is 1. The number of ether oxygens (including phenoxy) is 1. The molecule has 1 aliphatic rings. The van der Waals surface area contributed by atoms with E-state index in [0.717, 1.165) is 44.2 Å². The third-order valence-corrected chi connectivity index (χ3v) is 3.96. The zero-order chi connectivity index (χ0) is 12.1. The van der Waals surface area contributed by atoms with Gasteiger partial charge in [0.15, 0.2) is 0 Å². The van der Waals surface area contributed by atoms with Gasteiger partial charge in [0.2, 0.25) is 0 Å². The lowest BCUT2D eigenvalue weighted by atomic mass is 10.1. The van der Waals surface area contributed by atoms with Gasteiger partial charge in [0, 0.05) is 19.8 Å². The molecule has 2 rings (SSSR count). The molecule has 17 heavy (non-hydrogen) atoms. The smallest absolute Gasteiger partial charge is 0.0637 e. The van der Waals surface area contributed by atoms with Crippen molar-refractivity contribution in [2.45, 2.75) is 19.4 Å². The number of rotatable bonds is 5. The highest BCUT2D eigenvalue weighted by molar-refractivity contribution is 6.42. The molecule has 0 spiro atoms. The van der Waals surface area contributed by atoms with Crippen LogP contribution in [0.2, 0.25) is 10.0 Å². The molecule has 0 bridgehead atoms. The Balaban J connectivity index is 1.72. The van der Waals surface area contributed by atoms with Gasteiger partial charge in [-0.1, -0.05) is 35.3 Å². The van der Waals surface area contributed by atoms with Crippen LogP contribution >= 0.6 is 23.2 Å². The molecule has 1 aromatic carbocycles. The summed E-state index contributed by atoms with van der Waals surface area (Å²) in [5.41, 5.74) is 1.06. The summed E-state index contributed by atoms with van der Waals surface area (Å²) in [7, 11) is 0. The van der Waals surface area contributed by atoms with Gasteiger partial charge in [-0.3, -0.25) is 0 Å². The minimum atomic E-state index is 0.621. The van der Waals surface area contributed by atoms with Crippen LogP contribution in [0.15, 0.2) is 18.2 Å². The van der Waals surface area contributed by atoms with Crippen molar-refractivity contribution in [3.63, 3.8) is 0 Å². The summed E-state index contributed by atoms with van der Waals surface area (Å²) < 4.78 is 5.34. The van der Waals surface area contributed by atoms with Crippen LogP contribution in [0.5, 0.6) is 0 Å². The molecule has 0 amide bonds. The van der Waals surface area contributed by atoms with Gasteiger partial charge in [0.1, 0.15) is 0 Å². The molecule has 0 aliphatic carbocycles. The Morgan fingerprint density at radius 2 is 2.24 bits per heavy atom. The molecule has 1 N–H and O–H groups in total. The lowest BCUT2D eigenvalue weighted by molar-refractivity contribution is 0.184. The van der Waals surface area contributed by atoms with Crippen LogP contribution in [-0.2, 0) is 11.3 Å². The highest BCUT2D eigenvalue weighted by Crippen LogP contribution is 2.25. The largest absolute Gasteiger partial charge is 0.381 e. The Bertz CT molecular complexity index is 364. The van der Waals surface area contributed by atoms with Crippen molar-refractivity contribution in [1.82, 2.24) is 5.32 Å². The number of nitrogens with one attached hydrogen (secondary N) is 1. The Morgan fingerprint density at radius 3 is 3.00 bits per heavy atom. The minimum Gasteiger partial charge on any atom is -0.381 e. The molecule has 0 radical (unpaired) electrons. The second-order valence-electron chi connectivity index (χ2n) is 4.41. The van der Waals surface area contributed by atoms with Crippen LogP contribution in [0.3, 0.4) is 0 Å². The first-order valence-corrected chi connectivity index (χ1v) is 6.74. The molecule has 94 valence electrons. The maximum absolute atomic E-state index is 6.11. The first-order chi connectivity index (χ1) is 8.27. The Kier molecular flexibility index (Phi) is 5.11. The normalized spacial score (nSPS) is 19.8. The Hall–Kier alpha value is -0.280. The van der Waals surface area contributed by atoms with E-state index in [4.69, 9.17) is 27.9 Å². The fourth-order valence-electron chi connectivity index (χ4n) is 2.03. The van der Waals surface area contributed by atoms with E-state index < -0.39 is 0 Å². The van der Waals surface area contributed by atoms with Crippen molar-refractivity contribution in [1.29, 1.82) is 0 Å². The highest BCUT2D eigenvalue weighted by Gasteiger charge is 2.14. The predicted molar refractivity (Wildman–Crippen MR) is 71.7 cm³/mol. The van der Waals surface area contributed by atoms with E-state index in [0.29, 0.717) is 10.0 Å². The molecule has 1 aromatic rings. The lowest BCUT2D eigenvalue weighted by Crippen LogP contribution is -2.18. The first kappa shape index (κ1) is 13.2. The summed E-state index contributed by atoms with van der Waals surface area (Å²) in [5.74, 6) is 0.720. The lowest BCUT2D eigenvalue weighted by Gasteiger charge is -2.10. The van der Waals surface area contributed by atoms with E-state index >= 15 is 0 Å². The van der Waals surface area contributed by atoms with Crippen molar-refractivity contribution in [3.8, 4) is 0 Å². The summed E-state index contributed by atoms with van der Waals surface area (Å²) in [6, 6.07) is 5.74. The Labute approximate surface area is 112 Å². The molecule has 1 aliphatic heterocycles. The van der Waals surface area contributed by atoms with Crippen LogP contribution in [0, 0.1) is 5.92 Å². The average Bonchev–Trinajstić information content (AvgIpc) is 2.83. The Morgan fingerprint density at radius 1 is 1.35 bits per heavy atom. The summed E-state index contributed by atoms with van der Waals surface area (Å²) in [6.07, 6.45) is 2.36. The standard InChI is InChI=1S/C13H17Cl2NO/c14-12-3-1-2-11(13(12)15)8-16-6-4-10-5-7-17-9-10/h1-3,10,16H,4-9H2. The van der Waals surface area contributed by atoms with Crippen LogP contribution in [0.25, 0.3) is 0 Å². The van der Waals surface area contributed by atoms with Crippen molar-refractivity contribution in [3.05, 3.63) is 33.8 Å². The summed E-state index contributed by atoms with van der Waals surface area (Å²) in [5, 5.41) is 4.68. The summed E-state index contributed by atoms with van der Waals surface area (Å²) in [4.78, 5) is 0. The molecular formula is C13H17Cl2NO. The average molecular weight is 274 g/mol. The fourth-order valence-corrected chi connectivity index (χ4v) is 2.41. The molecule has 1 saturated heterocycles. The number of hydrogen-bond acceptors (Lipinski definition) is 2. The van der Waals surface area contributed by atoms with E-state index in [-0.39, 0.29) is 0 Å². The van der Waals surface area contributed by atoms with Crippen molar-refractivity contribution < 1.29 is 4.74 Å². The topological polar surface area (TPSA) is 21.3 Å². The third-order valence-electron chi connectivity index (χ3n) is 3.10. The van der Waals surface area contributed by atoms with Gasteiger partial charge >= 0.3 is 0 Å². The molecule has 1 fully saturated rings. The van der Waals surface area contributed by atoms with Gasteiger partial charge in [0.25, 0.3) is 0 Å². The van der Waals surface area contributed by atoms with Crippen molar-refractivity contribution in [2.75, 3.05) is 19.8 Å². The molecule has 0 saturated carbocycles. The van der Waals surface area contributed by atoms with Gasteiger partial charge < -0.3 is 10.1 Å². The monoisotopic (exact) mass is 273 g/mol. The van der Waals surface area contributed by atoms with Gasteiger partial charge in [-0.2, -0.15) is 0 Å². The van der Waals surface area contributed by atoms with Gasteiger partial charge in [-0.05, 0) is 36.9 Å². The molecular weight excluding hydrogens is 257 g/mol. The van der Waals surface area contributed by atoms with Crippen LogP contribution in [-0.4, -0.2) is 19.8 Å². The van der Waals surface area contributed by atoms with Gasteiger partial charge in [-0.25, -0.2) is 0 Å². The maximum Gasteiger partial charge on any atom is 0.0637 e. The zero-order valence-electron chi connectivity index (χ0n) is 9.72. The van der Waals surface area contributed by atoms with E-state index in [1.165, 1.54) is 6.42 Å². The molecule has 1 atom stereocenters. The molecule has 1 heterocycles. The maximum atomic E-state index is 6.11. The van der Waals surface area contributed by atoms with E-state index in [2.05, 4.69) is 5.32 Å². The van der Waals surface area contributed by atoms with E-state index in [1.807, 2.05) is 18.2 Å². The summed E-state index contributed by atoms with van der Waals surface area (Å²) >= 11 is 12.1. The van der Waals surface area contributed by atoms with Gasteiger partial charge in [-0.15, -0.1) is 0 Å². The molecule has 1 unspecified atom stereocenters. The second kappa shape index (κ2) is 6.60. The van der Waals surface area contributed by atoms with Crippen LogP contribution in [0.4, 0.5) is 0 Å². The molecule has 2 nitrogen and oxygen atoms in total. The number of halogens is 2. The van der Waals surface area contributed by atoms with Gasteiger partial charge in [0.05, 0.1) is 10.0 Å².